The van der Waals surface area contributed by atoms with Crippen molar-refractivity contribution in [2.75, 3.05) is 0 Å². The van der Waals surface area contributed by atoms with Gasteiger partial charge in [-0.15, -0.1) is 0 Å². The SMILES string of the molecule is CCCCCCCCCCCCCCCCC[n+]1cc[nH]c1CCC(C)C. The van der Waals surface area contributed by atoms with E-state index < -0.39 is 0 Å². The number of H-pyrrole nitrogens is 1. The third-order valence-electron chi connectivity index (χ3n) is 5.81. The van der Waals surface area contributed by atoms with Crippen LogP contribution in [0.15, 0.2) is 12.4 Å². The second-order valence-corrected chi connectivity index (χ2v) is 8.98. The monoisotopic (exact) mass is 377 g/mol. The van der Waals surface area contributed by atoms with E-state index in [0.717, 1.165) is 5.92 Å². The van der Waals surface area contributed by atoms with E-state index in [9.17, 15) is 0 Å². The number of aryl methyl sites for hydroxylation is 2. The van der Waals surface area contributed by atoms with Crippen molar-refractivity contribution in [2.24, 2.45) is 5.92 Å². The van der Waals surface area contributed by atoms with Gasteiger partial charge in [0.25, 0.3) is 5.82 Å². The fourth-order valence-corrected chi connectivity index (χ4v) is 3.90. The third-order valence-corrected chi connectivity index (χ3v) is 5.81. The summed E-state index contributed by atoms with van der Waals surface area (Å²) in [5.41, 5.74) is 0. The van der Waals surface area contributed by atoms with Crippen molar-refractivity contribution in [1.29, 1.82) is 0 Å². The molecule has 0 aromatic carbocycles. The van der Waals surface area contributed by atoms with Gasteiger partial charge in [0.15, 0.2) is 0 Å². The number of nitrogens with zero attached hydrogens (tertiary/aromatic N) is 1. The first-order valence-electron chi connectivity index (χ1n) is 12.3. The van der Waals surface area contributed by atoms with E-state index in [2.05, 4.69) is 42.7 Å². The molecule has 1 N–H and O–H groups in total. The largest absolute Gasteiger partial charge is 0.254 e. The van der Waals surface area contributed by atoms with E-state index in [1.807, 2.05) is 0 Å². The van der Waals surface area contributed by atoms with E-state index >= 15 is 0 Å². The summed E-state index contributed by atoms with van der Waals surface area (Å²) in [7, 11) is 0. The highest BCUT2D eigenvalue weighted by Crippen LogP contribution is 2.13. The van der Waals surface area contributed by atoms with Crippen LogP contribution < -0.4 is 4.57 Å². The van der Waals surface area contributed by atoms with E-state index in [1.165, 1.54) is 122 Å². The average molecular weight is 378 g/mol. The fraction of sp³-hybridized carbons (Fsp3) is 0.880. The highest BCUT2D eigenvalue weighted by molar-refractivity contribution is 4.77. The molecule has 0 saturated carbocycles. The summed E-state index contributed by atoms with van der Waals surface area (Å²) >= 11 is 0. The fourth-order valence-electron chi connectivity index (χ4n) is 3.90. The Morgan fingerprint density at radius 3 is 1.70 bits per heavy atom. The Hall–Kier alpha value is -0.790. The number of aromatic nitrogens is 2. The van der Waals surface area contributed by atoms with Gasteiger partial charge < -0.3 is 0 Å². The predicted molar refractivity (Wildman–Crippen MR) is 119 cm³/mol. The standard InChI is InChI=1S/C25H48N2/c1-4-5-6-7-8-9-10-11-12-13-14-15-16-17-18-22-27-23-21-26-25(27)20-19-24(2)3/h21,23-24H,4-20,22H2,1-3H3/p+1. The maximum atomic E-state index is 3.43. The van der Waals surface area contributed by atoms with Gasteiger partial charge in [0.1, 0.15) is 12.4 Å². The van der Waals surface area contributed by atoms with Crippen molar-refractivity contribution >= 4 is 0 Å². The van der Waals surface area contributed by atoms with Gasteiger partial charge in [0.05, 0.1) is 6.54 Å². The first kappa shape index (κ1) is 24.2. The predicted octanol–water partition coefficient (Wildman–Crippen LogP) is 7.76. The van der Waals surface area contributed by atoms with Gasteiger partial charge in [-0.1, -0.05) is 104 Å². The summed E-state index contributed by atoms with van der Waals surface area (Å²) in [6, 6.07) is 0. The van der Waals surface area contributed by atoms with Crippen LogP contribution in [0.3, 0.4) is 0 Å². The number of rotatable bonds is 19. The molecule has 0 fully saturated rings. The molecule has 2 heteroatoms. The Bertz CT molecular complexity index is 422. The molecule has 0 spiro atoms. The van der Waals surface area contributed by atoms with Gasteiger partial charge in [0.2, 0.25) is 0 Å². The Balaban J connectivity index is 1.85. The molecule has 0 bridgehead atoms. The smallest absolute Gasteiger partial charge is 0.248 e. The van der Waals surface area contributed by atoms with Gasteiger partial charge in [-0.25, -0.2) is 9.55 Å². The molecule has 158 valence electrons. The van der Waals surface area contributed by atoms with Crippen molar-refractivity contribution in [3.8, 4) is 0 Å². The molecule has 0 amide bonds. The number of imidazole rings is 1. The van der Waals surface area contributed by atoms with Crippen molar-refractivity contribution in [1.82, 2.24) is 4.98 Å². The molecule has 0 saturated heterocycles. The van der Waals surface area contributed by atoms with Crippen LogP contribution in [0.1, 0.15) is 129 Å². The molecule has 0 aliphatic heterocycles. The minimum Gasteiger partial charge on any atom is -0.248 e. The van der Waals surface area contributed by atoms with Crippen molar-refractivity contribution in [2.45, 2.75) is 136 Å². The lowest BCUT2D eigenvalue weighted by Crippen LogP contribution is -2.36. The Morgan fingerprint density at radius 1 is 0.741 bits per heavy atom. The molecule has 0 radical (unpaired) electrons. The van der Waals surface area contributed by atoms with Gasteiger partial charge in [0, 0.05) is 6.42 Å². The summed E-state index contributed by atoms with van der Waals surface area (Å²) in [5.74, 6) is 2.20. The number of nitrogens with one attached hydrogen (secondary N) is 1. The second-order valence-electron chi connectivity index (χ2n) is 8.98. The summed E-state index contributed by atoms with van der Waals surface area (Å²) < 4.78 is 2.44. The van der Waals surface area contributed by atoms with Crippen molar-refractivity contribution in [3.63, 3.8) is 0 Å². The van der Waals surface area contributed by atoms with E-state index in [1.54, 1.807) is 0 Å². The van der Waals surface area contributed by atoms with E-state index in [-0.39, 0.29) is 0 Å². The summed E-state index contributed by atoms with van der Waals surface area (Å²) in [6.45, 7) is 8.10. The molecular formula is C25H49N2+. The molecular weight excluding hydrogens is 328 g/mol. The van der Waals surface area contributed by atoms with E-state index in [4.69, 9.17) is 0 Å². The minimum absolute atomic E-state index is 0.785. The topological polar surface area (TPSA) is 19.7 Å². The lowest BCUT2D eigenvalue weighted by molar-refractivity contribution is -0.703. The lowest BCUT2D eigenvalue weighted by Gasteiger charge is -2.04. The Kier molecular flexibility index (Phi) is 15.6. The van der Waals surface area contributed by atoms with Crippen LogP contribution in [0, 0.1) is 5.92 Å². The van der Waals surface area contributed by atoms with Gasteiger partial charge in [-0.2, -0.15) is 0 Å². The molecule has 0 atom stereocenters. The number of hydrogen-bond acceptors (Lipinski definition) is 0. The van der Waals surface area contributed by atoms with Crippen LogP contribution in [0.2, 0.25) is 0 Å². The molecule has 0 aliphatic carbocycles. The normalized spacial score (nSPS) is 11.6. The Labute approximate surface area is 170 Å². The number of unbranched alkanes of at least 4 members (excludes halogenated alkanes) is 14. The maximum Gasteiger partial charge on any atom is 0.254 e. The van der Waals surface area contributed by atoms with Crippen LogP contribution in [0.4, 0.5) is 0 Å². The summed E-state index contributed by atoms with van der Waals surface area (Å²) in [4.78, 5) is 3.43. The van der Waals surface area contributed by atoms with E-state index in [0.29, 0.717) is 0 Å². The van der Waals surface area contributed by atoms with Crippen molar-refractivity contribution < 1.29 is 4.57 Å². The minimum atomic E-state index is 0.785. The zero-order chi connectivity index (χ0) is 19.6. The summed E-state index contributed by atoms with van der Waals surface area (Å²) in [5, 5.41) is 0. The molecule has 0 unspecified atom stereocenters. The third kappa shape index (κ3) is 13.9. The number of aromatic amines is 1. The molecule has 1 aromatic heterocycles. The molecule has 27 heavy (non-hydrogen) atoms. The van der Waals surface area contributed by atoms with Crippen LogP contribution in [0.5, 0.6) is 0 Å². The molecule has 1 rings (SSSR count). The van der Waals surface area contributed by atoms with Gasteiger partial charge >= 0.3 is 0 Å². The van der Waals surface area contributed by atoms with Crippen molar-refractivity contribution in [3.05, 3.63) is 18.2 Å². The highest BCUT2D eigenvalue weighted by atomic mass is 15.1. The zero-order valence-electron chi connectivity index (χ0n) is 18.9. The van der Waals surface area contributed by atoms with Crippen LogP contribution in [-0.2, 0) is 13.0 Å². The highest BCUT2D eigenvalue weighted by Gasteiger charge is 2.10. The maximum absolute atomic E-state index is 3.43. The summed E-state index contributed by atoms with van der Waals surface area (Å²) in [6.07, 6.45) is 28.3. The first-order chi connectivity index (χ1) is 13.2. The molecule has 1 heterocycles. The zero-order valence-corrected chi connectivity index (χ0v) is 18.9. The molecule has 0 aliphatic rings. The average Bonchev–Trinajstić information content (AvgIpc) is 3.10. The first-order valence-corrected chi connectivity index (χ1v) is 12.3. The quantitative estimate of drug-likeness (QED) is 0.188. The van der Waals surface area contributed by atoms with Gasteiger partial charge in [-0.3, -0.25) is 0 Å². The van der Waals surface area contributed by atoms with Crippen LogP contribution in [-0.4, -0.2) is 4.98 Å². The van der Waals surface area contributed by atoms with Crippen LogP contribution in [0.25, 0.3) is 0 Å². The van der Waals surface area contributed by atoms with Gasteiger partial charge in [-0.05, 0) is 25.2 Å². The van der Waals surface area contributed by atoms with Crippen LogP contribution >= 0.6 is 0 Å². The second kappa shape index (κ2) is 17.3. The molecule has 2 nitrogen and oxygen atoms in total. The Morgan fingerprint density at radius 2 is 1.22 bits per heavy atom. The molecule has 1 aromatic rings. The number of hydrogen-bond donors (Lipinski definition) is 1. The lowest BCUT2D eigenvalue weighted by atomic mass is 10.0.